The summed E-state index contributed by atoms with van der Waals surface area (Å²) in [5, 5.41) is 26.1. The van der Waals surface area contributed by atoms with Crippen LogP contribution in [-0.4, -0.2) is 129 Å². The van der Waals surface area contributed by atoms with Crippen molar-refractivity contribution in [3.8, 4) is 0 Å². The number of phosphoric ester groups is 3. The van der Waals surface area contributed by atoms with Crippen LogP contribution in [0.25, 0.3) is 11.2 Å². The van der Waals surface area contributed by atoms with Crippen molar-refractivity contribution in [2.24, 2.45) is 11.1 Å². The van der Waals surface area contributed by atoms with Crippen LogP contribution in [0.5, 0.6) is 0 Å². The SMILES string of the molecule is CC(C)(COP(=O)(O)OP(=O)(O)OC[C@H]1O[C@@H](n2cnc3c(N)ncnc32)[C@H](O)[C@@H]1OP(=O)(O)O)[C@@H](O)C(=O)NCCC(=O)NCCSC(=O)CCCC(N)=O. The van der Waals surface area contributed by atoms with Crippen LogP contribution in [0.2, 0.25) is 0 Å². The number of carbonyl (C=O) groups excluding carboxylic acids is 4. The number of hydrogen-bond donors (Lipinski definition) is 10. The lowest BCUT2D eigenvalue weighted by Gasteiger charge is -2.30. The van der Waals surface area contributed by atoms with Gasteiger partial charge in [-0.3, -0.25) is 37.3 Å². The van der Waals surface area contributed by atoms with E-state index in [0.29, 0.717) is 6.42 Å². The Morgan fingerprint density at radius 1 is 1.02 bits per heavy atom. The van der Waals surface area contributed by atoms with E-state index in [9.17, 15) is 62.7 Å². The number of nitrogen functional groups attached to an aromatic ring is 1. The number of ether oxygens (including phenoxy) is 1. The van der Waals surface area contributed by atoms with Gasteiger partial charge in [-0.1, -0.05) is 25.6 Å². The summed E-state index contributed by atoms with van der Waals surface area (Å²) < 4.78 is 62.0. The van der Waals surface area contributed by atoms with Gasteiger partial charge >= 0.3 is 23.5 Å². The lowest BCUT2D eigenvalue weighted by molar-refractivity contribution is -0.137. The van der Waals surface area contributed by atoms with Crippen molar-refractivity contribution in [1.82, 2.24) is 30.2 Å². The summed E-state index contributed by atoms with van der Waals surface area (Å²) in [5.74, 6) is -1.78. The van der Waals surface area contributed by atoms with E-state index in [4.69, 9.17) is 25.3 Å². The molecule has 3 rings (SSSR count). The number of primary amides is 1. The molecule has 0 bridgehead atoms. The molecule has 0 aromatic carbocycles. The molecule has 0 radical (unpaired) electrons. The Kier molecular flexibility index (Phi) is 17.0. The van der Waals surface area contributed by atoms with Crippen LogP contribution in [0, 0.1) is 5.41 Å². The molecular formula is C26H43N8O18P3S. The molecule has 30 heteroatoms. The second-order valence-electron chi connectivity index (χ2n) is 12.6. The molecule has 2 aromatic rings. The highest BCUT2D eigenvalue weighted by Gasteiger charge is 2.50. The Bertz CT molecular complexity index is 1870. The smallest absolute Gasteiger partial charge is 0.386 e. The van der Waals surface area contributed by atoms with Crippen molar-refractivity contribution in [2.75, 3.05) is 37.8 Å². The fourth-order valence-corrected chi connectivity index (χ4v) is 8.32. The number of nitrogens with two attached hydrogens (primary N) is 2. The van der Waals surface area contributed by atoms with E-state index in [1.54, 1.807) is 0 Å². The number of nitrogens with one attached hydrogen (secondary N) is 2. The fraction of sp³-hybridized carbons (Fsp3) is 0.654. The average Bonchev–Trinajstić information content (AvgIpc) is 3.64. The van der Waals surface area contributed by atoms with E-state index >= 15 is 0 Å². The van der Waals surface area contributed by atoms with Crippen molar-refractivity contribution < 1.29 is 85.3 Å². The summed E-state index contributed by atoms with van der Waals surface area (Å²) in [6.07, 6.45) is -6.45. The first-order chi connectivity index (χ1) is 25.9. The lowest BCUT2D eigenvalue weighted by atomic mass is 9.87. The minimum absolute atomic E-state index is 0.0231. The summed E-state index contributed by atoms with van der Waals surface area (Å²) in [4.78, 5) is 97.9. The zero-order valence-electron chi connectivity index (χ0n) is 29.7. The van der Waals surface area contributed by atoms with Crippen molar-refractivity contribution >= 4 is 75.0 Å². The molecule has 1 fully saturated rings. The summed E-state index contributed by atoms with van der Waals surface area (Å²) in [6, 6.07) is 0. The van der Waals surface area contributed by atoms with Crippen LogP contribution in [0.1, 0.15) is 45.8 Å². The maximum absolute atomic E-state index is 12.7. The Balaban J connectivity index is 1.47. The van der Waals surface area contributed by atoms with Crippen LogP contribution in [0.3, 0.4) is 0 Å². The standard InChI is InChI=1S/C26H43N8O18P3S/c1-26(2,21(39)24(40)30-7-6-16(36)29-8-9-56-17(37)5-3-4-15(27)35)11-49-55(46,47)52-54(44,45)48-10-14-20(51-53(41,42)43)19(38)25(50-14)34-13-33-18-22(28)31-12-32-23(18)34/h12-14,19-21,25,38-39H,3-11H2,1-2H3,(H2,27,35)(H,29,36)(H,30,40)(H,44,45)(H,46,47)(H2,28,31,32)(H2,41,42,43)/t14-,19-,20-,21+,25-/m1/s1. The highest BCUT2D eigenvalue weighted by Crippen LogP contribution is 2.61. The predicted octanol–water partition coefficient (Wildman–Crippen LogP) is -1.68. The van der Waals surface area contributed by atoms with E-state index in [1.807, 2.05) is 0 Å². The first-order valence-electron chi connectivity index (χ1n) is 16.2. The average molecular weight is 881 g/mol. The Morgan fingerprint density at radius 2 is 1.70 bits per heavy atom. The molecule has 1 saturated heterocycles. The number of anilines is 1. The predicted molar refractivity (Wildman–Crippen MR) is 190 cm³/mol. The number of rotatable bonds is 23. The summed E-state index contributed by atoms with van der Waals surface area (Å²) in [6.45, 7) is 0.331. The van der Waals surface area contributed by atoms with Gasteiger partial charge in [-0.2, -0.15) is 4.31 Å². The number of amides is 3. The number of thioether (sulfide) groups is 1. The largest absolute Gasteiger partial charge is 0.481 e. The molecular weight excluding hydrogens is 837 g/mol. The van der Waals surface area contributed by atoms with Gasteiger partial charge in [0, 0.05) is 43.5 Å². The lowest BCUT2D eigenvalue weighted by Crippen LogP contribution is -2.46. The zero-order valence-corrected chi connectivity index (χ0v) is 33.2. The molecule has 2 unspecified atom stereocenters. The summed E-state index contributed by atoms with van der Waals surface area (Å²) in [7, 11) is -16.4. The number of carbonyl (C=O) groups is 4. The van der Waals surface area contributed by atoms with Gasteiger partial charge in [0.25, 0.3) is 0 Å². The van der Waals surface area contributed by atoms with Crippen LogP contribution < -0.4 is 22.1 Å². The van der Waals surface area contributed by atoms with Crippen LogP contribution in [0.4, 0.5) is 5.82 Å². The first-order valence-corrected chi connectivity index (χ1v) is 21.7. The molecule has 1 aliphatic rings. The number of aliphatic hydroxyl groups is 2. The molecule has 26 nitrogen and oxygen atoms in total. The number of hydrogen-bond acceptors (Lipinski definition) is 19. The van der Waals surface area contributed by atoms with E-state index in [2.05, 4.69) is 34.4 Å². The van der Waals surface area contributed by atoms with Gasteiger partial charge in [0.2, 0.25) is 17.7 Å². The highest BCUT2D eigenvalue weighted by molar-refractivity contribution is 8.13. The molecule has 0 spiro atoms. The van der Waals surface area contributed by atoms with Gasteiger partial charge in [0.1, 0.15) is 36.3 Å². The summed E-state index contributed by atoms with van der Waals surface area (Å²) in [5.41, 5.74) is 9.24. The number of aromatic nitrogens is 4. The van der Waals surface area contributed by atoms with Gasteiger partial charge in [-0.15, -0.1) is 0 Å². The van der Waals surface area contributed by atoms with E-state index in [1.165, 1.54) is 13.8 Å². The van der Waals surface area contributed by atoms with Crippen molar-refractivity contribution in [2.45, 2.75) is 70.2 Å². The van der Waals surface area contributed by atoms with E-state index < -0.39 is 90.5 Å². The molecule has 56 heavy (non-hydrogen) atoms. The highest BCUT2D eigenvalue weighted by atomic mass is 32.2. The molecule has 3 heterocycles. The second-order valence-corrected chi connectivity index (χ2v) is 18.0. The maximum atomic E-state index is 12.7. The molecule has 2 aromatic heterocycles. The number of nitrogens with zero attached hydrogens (tertiary/aromatic N) is 4. The third-order valence-corrected chi connectivity index (χ3v) is 11.6. The minimum Gasteiger partial charge on any atom is -0.386 e. The Labute approximate surface area is 321 Å². The summed E-state index contributed by atoms with van der Waals surface area (Å²) >= 11 is 0.970. The minimum atomic E-state index is -5.58. The number of imidazole rings is 1. The van der Waals surface area contributed by atoms with Crippen LogP contribution in [-0.2, 0) is 55.5 Å². The molecule has 7 atom stereocenters. The maximum Gasteiger partial charge on any atom is 0.481 e. The third kappa shape index (κ3) is 14.8. The fourth-order valence-electron chi connectivity index (χ4n) is 4.77. The van der Waals surface area contributed by atoms with Crippen molar-refractivity contribution in [3.63, 3.8) is 0 Å². The quantitative estimate of drug-likeness (QED) is 0.0440. The number of phosphoric acid groups is 3. The Morgan fingerprint density at radius 3 is 2.36 bits per heavy atom. The molecule has 0 saturated carbocycles. The Hall–Kier alpha value is -2.97. The van der Waals surface area contributed by atoms with Gasteiger partial charge in [0.05, 0.1) is 19.5 Å². The molecule has 3 amide bonds. The topological polar surface area (TPSA) is 407 Å². The zero-order chi connectivity index (χ0) is 42.1. The third-order valence-electron chi connectivity index (χ3n) is 7.57. The van der Waals surface area contributed by atoms with Gasteiger partial charge in [-0.25, -0.2) is 28.6 Å². The molecule has 12 N–H and O–H groups in total. The first kappa shape index (κ1) is 47.4. The van der Waals surface area contributed by atoms with Crippen molar-refractivity contribution in [3.05, 3.63) is 12.7 Å². The second kappa shape index (κ2) is 20.1. The monoisotopic (exact) mass is 880 g/mol. The van der Waals surface area contributed by atoms with Gasteiger partial charge in [0.15, 0.2) is 22.8 Å². The van der Waals surface area contributed by atoms with Crippen LogP contribution in [0.15, 0.2) is 12.7 Å². The van der Waals surface area contributed by atoms with E-state index in [-0.39, 0.29) is 60.2 Å². The molecule has 316 valence electrons. The number of aliphatic hydroxyl groups excluding tert-OH is 2. The normalized spacial score (nSPS) is 21.6. The van der Waals surface area contributed by atoms with E-state index in [0.717, 1.165) is 29.0 Å². The van der Waals surface area contributed by atoms with Gasteiger partial charge < -0.3 is 56.6 Å². The molecule has 0 aliphatic carbocycles. The van der Waals surface area contributed by atoms with Crippen molar-refractivity contribution in [1.29, 1.82) is 0 Å². The number of fused-ring (bicyclic) bond motifs is 1. The van der Waals surface area contributed by atoms with Crippen LogP contribution >= 0.6 is 35.2 Å². The van der Waals surface area contributed by atoms with Gasteiger partial charge in [-0.05, 0) is 6.42 Å². The molecule has 1 aliphatic heterocycles.